The number of carbonyl (C=O) groups excluding carboxylic acids is 1. The third kappa shape index (κ3) is 4.42. The lowest BCUT2D eigenvalue weighted by atomic mass is 10.1. The Labute approximate surface area is 163 Å². The largest absolute Gasteiger partial charge is 0.454 e. The van der Waals surface area contributed by atoms with E-state index in [0.29, 0.717) is 31.6 Å². The van der Waals surface area contributed by atoms with Gasteiger partial charge in [-0.15, -0.1) is 6.58 Å². The number of hydrogen-bond donors (Lipinski definition) is 2. The molecule has 4 rings (SSSR count). The number of aromatic nitrogens is 3. The van der Waals surface area contributed by atoms with Crippen LogP contribution in [0, 0.1) is 5.41 Å². The molecular formula is C21H24N4O3. The minimum atomic E-state index is -0.00443. The number of benzene rings is 1. The molecule has 0 radical (unpaired) electrons. The molecule has 2 heterocycles. The predicted molar refractivity (Wildman–Crippen MR) is 104 cm³/mol. The molecular weight excluding hydrogens is 356 g/mol. The van der Waals surface area contributed by atoms with E-state index < -0.39 is 0 Å². The van der Waals surface area contributed by atoms with Gasteiger partial charge in [0.1, 0.15) is 5.82 Å². The zero-order valence-electron chi connectivity index (χ0n) is 15.7. The number of nitrogens with zero attached hydrogens (tertiary/aromatic N) is 2. The highest BCUT2D eigenvalue weighted by atomic mass is 16.7. The van der Waals surface area contributed by atoms with Crippen LogP contribution in [0.15, 0.2) is 43.0 Å². The van der Waals surface area contributed by atoms with Crippen LogP contribution in [-0.2, 0) is 17.6 Å². The molecule has 2 aromatic rings. The average Bonchev–Trinajstić information content (AvgIpc) is 3.10. The summed E-state index contributed by atoms with van der Waals surface area (Å²) in [4.78, 5) is 16.5. The Balaban J connectivity index is 1.21. The lowest BCUT2D eigenvalue weighted by Gasteiger charge is -2.03. The van der Waals surface area contributed by atoms with Crippen LogP contribution in [0.25, 0.3) is 0 Å². The van der Waals surface area contributed by atoms with Gasteiger partial charge in [-0.1, -0.05) is 24.3 Å². The van der Waals surface area contributed by atoms with Crippen LogP contribution in [0.5, 0.6) is 11.5 Å². The molecule has 0 atom stereocenters. The highest BCUT2D eigenvalue weighted by molar-refractivity contribution is 5.76. The molecule has 2 N–H and O–H groups in total. The summed E-state index contributed by atoms with van der Waals surface area (Å²) in [6.45, 7) is 4.65. The van der Waals surface area contributed by atoms with E-state index >= 15 is 0 Å². The molecule has 146 valence electrons. The number of allylic oxidation sites excluding steroid dienone is 2. The molecule has 1 saturated carbocycles. The summed E-state index contributed by atoms with van der Waals surface area (Å²) >= 11 is 0. The molecule has 0 bridgehead atoms. The lowest BCUT2D eigenvalue weighted by Crippen LogP contribution is -2.23. The molecule has 28 heavy (non-hydrogen) atoms. The highest BCUT2D eigenvalue weighted by Crippen LogP contribution is 2.47. The second-order valence-corrected chi connectivity index (χ2v) is 7.21. The van der Waals surface area contributed by atoms with E-state index in [4.69, 9.17) is 9.47 Å². The van der Waals surface area contributed by atoms with Gasteiger partial charge < -0.3 is 14.8 Å². The van der Waals surface area contributed by atoms with Crippen molar-refractivity contribution in [3.8, 4) is 11.5 Å². The van der Waals surface area contributed by atoms with Crippen molar-refractivity contribution in [1.82, 2.24) is 20.5 Å². The van der Waals surface area contributed by atoms with Gasteiger partial charge in [0, 0.05) is 31.2 Å². The van der Waals surface area contributed by atoms with E-state index in [9.17, 15) is 4.79 Å². The van der Waals surface area contributed by atoms with Crippen LogP contribution in [0.1, 0.15) is 36.5 Å². The first-order valence-electron chi connectivity index (χ1n) is 9.52. The summed E-state index contributed by atoms with van der Waals surface area (Å²) in [5.74, 6) is 2.92. The van der Waals surface area contributed by atoms with Crippen LogP contribution in [0.4, 0.5) is 0 Å². The molecule has 0 saturated heterocycles. The number of carbonyl (C=O) groups is 1. The fraction of sp³-hybridized carbons (Fsp3) is 0.381. The maximum atomic E-state index is 12.0. The SMILES string of the molecule is C=CC1(/C=C/CNC(=O)CCc2n[nH]c(Cc3ccc4c(c3)OCO4)n2)CC1. The minimum Gasteiger partial charge on any atom is -0.454 e. The van der Waals surface area contributed by atoms with Gasteiger partial charge in [-0.3, -0.25) is 9.89 Å². The summed E-state index contributed by atoms with van der Waals surface area (Å²) < 4.78 is 10.7. The van der Waals surface area contributed by atoms with Crippen LogP contribution in [0.2, 0.25) is 0 Å². The lowest BCUT2D eigenvalue weighted by molar-refractivity contribution is -0.120. The van der Waals surface area contributed by atoms with Gasteiger partial charge >= 0.3 is 0 Å². The van der Waals surface area contributed by atoms with E-state index in [1.165, 1.54) is 0 Å². The Morgan fingerprint density at radius 2 is 2.18 bits per heavy atom. The minimum absolute atomic E-state index is 0.00443. The number of H-pyrrole nitrogens is 1. The zero-order chi connectivity index (χ0) is 19.4. The number of fused-ring (bicyclic) bond motifs is 1. The third-order valence-electron chi connectivity index (χ3n) is 5.06. The van der Waals surface area contributed by atoms with Gasteiger partial charge in [0.2, 0.25) is 12.7 Å². The van der Waals surface area contributed by atoms with Crippen LogP contribution in [0.3, 0.4) is 0 Å². The molecule has 1 aromatic heterocycles. The Hall–Kier alpha value is -3.09. The van der Waals surface area contributed by atoms with Crippen molar-refractivity contribution >= 4 is 5.91 Å². The standard InChI is InChI=1S/C21H24N4O3/c1-2-21(9-10-21)8-3-11-22-20(26)7-6-18-23-19(25-24-18)13-15-4-5-16-17(12-15)28-14-27-16/h2-5,8,12H,1,6-7,9-11,13-14H2,(H,22,26)(H,23,24,25)/b8-3+. The highest BCUT2D eigenvalue weighted by Gasteiger charge is 2.36. The summed E-state index contributed by atoms with van der Waals surface area (Å²) in [7, 11) is 0. The third-order valence-corrected chi connectivity index (χ3v) is 5.06. The van der Waals surface area contributed by atoms with Crippen molar-refractivity contribution < 1.29 is 14.3 Å². The first-order chi connectivity index (χ1) is 13.7. The zero-order valence-corrected chi connectivity index (χ0v) is 15.7. The fourth-order valence-corrected chi connectivity index (χ4v) is 3.13. The first-order valence-corrected chi connectivity index (χ1v) is 9.52. The van der Waals surface area contributed by atoms with E-state index in [2.05, 4.69) is 33.2 Å². The molecule has 7 nitrogen and oxygen atoms in total. The molecule has 1 aromatic carbocycles. The van der Waals surface area contributed by atoms with Crippen LogP contribution < -0.4 is 14.8 Å². The van der Waals surface area contributed by atoms with Crippen LogP contribution in [-0.4, -0.2) is 34.4 Å². The number of amides is 1. The first kappa shape index (κ1) is 18.3. The molecule has 2 aliphatic rings. The normalized spacial score (nSPS) is 16.3. The molecule has 0 unspecified atom stereocenters. The van der Waals surface area contributed by atoms with E-state index in [1.807, 2.05) is 30.4 Å². The van der Waals surface area contributed by atoms with Crippen molar-refractivity contribution in [2.45, 2.75) is 32.1 Å². The van der Waals surface area contributed by atoms with Gasteiger partial charge in [-0.2, -0.15) is 5.10 Å². The molecule has 7 heteroatoms. The van der Waals surface area contributed by atoms with Crippen molar-refractivity contribution in [2.75, 3.05) is 13.3 Å². The van der Waals surface area contributed by atoms with Crippen molar-refractivity contribution in [3.05, 3.63) is 60.2 Å². The Kier molecular flexibility index (Phi) is 5.14. The van der Waals surface area contributed by atoms with E-state index in [1.54, 1.807) is 0 Å². The molecule has 1 fully saturated rings. The molecule has 1 amide bonds. The number of aryl methyl sites for hydroxylation is 1. The topological polar surface area (TPSA) is 89.1 Å². The smallest absolute Gasteiger partial charge is 0.231 e. The van der Waals surface area contributed by atoms with E-state index in [0.717, 1.165) is 35.7 Å². The summed E-state index contributed by atoms with van der Waals surface area (Å²) in [6.07, 6.45) is 9.91. The molecule has 0 spiro atoms. The molecule has 1 aliphatic carbocycles. The number of hydrogen-bond acceptors (Lipinski definition) is 5. The quantitative estimate of drug-likeness (QED) is 0.653. The van der Waals surface area contributed by atoms with Crippen LogP contribution >= 0.6 is 0 Å². The average molecular weight is 380 g/mol. The number of aromatic amines is 1. The summed E-state index contributed by atoms with van der Waals surface area (Å²) in [5, 5.41) is 10.0. The van der Waals surface area contributed by atoms with Gasteiger partial charge in [0.15, 0.2) is 17.3 Å². The number of ether oxygens (including phenoxy) is 2. The monoisotopic (exact) mass is 380 g/mol. The summed E-state index contributed by atoms with van der Waals surface area (Å²) in [5.41, 5.74) is 1.24. The van der Waals surface area contributed by atoms with Crippen molar-refractivity contribution in [1.29, 1.82) is 0 Å². The second-order valence-electron chi connectivity index (χ2n) is 7.21. The Morgan fingerprint density at radius 1 is 1.32 bits per heavy atom. The Bertz CT molecular complexity index is 899. The van der Waals surface area contributed by atoms with Gasteiger partial charge in [-0.05, 0) is 30.5 Å². The summed E-state index contributed by atoms with van der Waals surface area (Å²) in [6, 6.07) is 5.83. The van der Waals surface area contributed by atoms with Gasteiger partial charge in [-0.25, -0.2) is 4.98 Å². The fourth-order valence-electron chi connectivity index (χ4n) is 3.13. The maximum absolute atomic E-state index is 12.0. The van der Waals surface area contributed by atoms with Gasteiger partial charge in [0.05, 0.1) is 0 Å². The van der Waals surface area contributed by atoms with Crippen molar-refractivity contribution in [3.63, 3.8) is 0 Å². The van der Waals surface area contributed by atoms with Crippen molar-refractivity contribution in [2.24, 2.45) is 5.41 Å². The van der Waals surface area contributed by atoms with Gasteiger partial charge in [0.25, 0.3) is 0 Å². The Morgan fingerprint density at radius 3 is 3.00 bits per heavy atom. The second kappa shape index (κ2) is 7.88. The van der Waals surface area contributed by atoms with E-state index in [-0.39, 0.29) is 18.1 Å². The predicted octanol–water partition coefficient (Wildman–Crippen LogP) is 2.70. The molecule has 1 aliphatic heterocycles. The maximum Gasteiger partial charge on any atom is 0.231 e. The number of nitrogens with one attached hydrogen (secondary N) is 2. The number of rotatable bonds is 9.